The number of pyridine rings is 1. The Balaban J connectivity index is 1.20. The summed E-state index contributed by atoms with van der Waals surface area (Å²) in [5.41, 5.74) is 1.02. The molecule has 11 heteroatoms. The molecule has 1 N–H and O–H groups in total. The van der Waals surface area contributed by atoms with Crippen molar-refractivity contribution in [1.82, 2.24) is 35.3 Å². The van der Waals surface area contributed by atoms with Crippen molar-refractivity contribution < 1.29 is 9.53 Å². The number of aromatic nitrogens is 6. The van der Waals surface area contributed by atoms with Gasteiger partial charge >= 0.3 is 0 Å². The molecule has 0 aromatic carbocycles. The van der Waals surface area contributed by atoms with Crippen LogP contribution in [0, 0.1) is 5.92 Å². The molecule has 1 unspecified atom stereocenters. The summed E-state index contributed by atoms with van der Waals surface area (Å²) < 4.78 is 7.01. The third kappa shape index (κ3) is 4.92. The summed E-state index contributed by atoms with van der Waals surface area (Å²) in [6.07, 6.45) is 6.62. The van der Waals surface area contributed by atoms with Crippen molar-refractivity contribution in [2.24, 2.45) is 5.92 Å². The molecule has 5 rings (SSSR count). The zero-order valence-corrected chi connectivity index (χ0v) is 18.4. The first-order valence-electron chi connectivity index (χ1n) is 11.3. The van der Waals surface area contributed by atoms with Crippen LogP contribution in [0.5, 0.6) is 0 Å². The van der Waals surface area contributed by atoms with Crippen molar-refractivity contribution in [3.63, 3.8) is 0 Å². The molecule has 0 radical (unpaired) electrons. The van der Waals surface area contributed by atoms with Crippen LogP contribution in [0.2, 0.25) is 0 Å². The summed E-state index contributed by atoms with van der Waals surface area (Å²) in [5.74, 6) is 2.25. The highest BCUT2D eigenvalue weighted by atomic mass is 16.5. The highest BCUT2D eigenvalue weighted by molar-refractivity contribution is 5.79. The maximum atomic E-state index is 13.0. The Kier molecular flexibility index (Phi) is 6.38. The normalized spacial score (nSPS) is 18.8. The second kappa shape index (κ2) is 9.90. The minimum atomic E-state index is -0.0981. The molecule has 11 nitrogen and oxygen atoms in total. The Morgan fingerprint density at radius 3 is 2.73 bits per heavy atom. The predicted octanol–water partition coefficient (Wildman–Crippen LogP) is 0.822. The predicted molar refractivity (Wildman–Crippen MR) is 121 cm³/mol. The van der Waals surface area contributed by atoms with E-state index < -0.39 is 0 Å². The van der Waals surface area contributed by atoms with Crippen LogP contribution in [0.25, 0.3) is 5.82 Å². The van der Waals surface area contributed by atoms with E-state index >= 15 is 0 Å². The van der Waals surface area contributed by atoms with E-state index in [2.05, 4.69) is 40.4 Å². The van der Waals surface area contributed by atoms with Crippen molar-refractivity contribution in [2.75, 3.05) is 49.2 Å². The molecule has 3 aromatic heterocycles. The molecule has 0 spiro atoms. The van der Waals surface area contributed by atoms with Crippen molar-refractivity contribution in [3.8, 4) is 5.82 Å². The second-order valence-electron chi connectivity index (χ2n) is 8.18. The lowest BCUT2D eigenvalue weighted by Crippen LogP contribution is -2.43. The van der Waals surface area contributed by atoms with Crippen LogP contribution in [-0.4, -0.2) is 75.2 Å². The molecule has 33 heavy (non-hydrogen) atoms. The van der Waals surface area contributed by atoms with E-state index in [1.807, 2.05) is 24.3 Å². The van der Waals surface area contributed by atoms with Crippen LogP contribution in [0.15, 0.2) is 43.1 Å². The first kappa shape index (κ1) is 21.3. The molecule has 0 aliphatic carbocycles. The smallest absolute Gasteiger partial charge is 0.225 e. The maximum Gasteiger partial charge on any atom is 0.225 e. The van der Waals surface area contributed by atoms with Gasteiger partial charge in [0.1, 0.15) is 18.5 Å². The summed E-state index contributed by atoms with van der Waals surface area (Å²) in [4.78, 5) is 25.8. The van der Waals surface area contributed by atoms with Gasteiger partial charge in [-0.2, -0.15) is 5.10 Å². The molecule has 172 valence electrons. The quantitative estimate of drug-likeness (QED) is 0.584. The standard InChI is InChI=1S/C22H27N9O2/c32-22(25-13-17-3-1-7-24-21(17)29-9-11-33-12-10-29)18-4-2-8-30(14-18)19-5-6-20(28-27-19)31-16-23-15-26-31/h1,3,5-7,15-16,18H,2,4,8-14H2,(H,25,32). The Morgan fingerprint density at radius 2 is 1.94 bits per heavy atom. The number of morpholine rings is 1. The average molecular weight is 450 g/mol. The number of nitrogens with zero attached hydrogens (tertiary/aromatic N) is 8. The molecule has 1 amide bonds. The lowest BCUT2D eigenvalue weighted by atomic mass is 9.97. The number of hydrogen-bond acceptors (Lipinski definition) is 9. The van der Waals surface area contributed by atoms with Crippen LogP contribution < -0.4 is 15.1 Å². The van der Waals surface area contributed by atoms with Gasteiger partial charge in [0.05, 0.1) is 19.1 Å². The van der Waals surface area contributed by atoms with E-state index in [1.54, 1.807) is 17.2 Å². The van der Waals surface area contributed by atoms with Crippen molar-refractivity contribution in [2.45, 2.75) is 19.4 Å². The summed E-state index contributed by atoms with van der Waals surface area (Å²) in [6, 6.07) is 7.71. The summed E-state index contributed by atoms with van der Waals surface area (Å²) in [7, 11) is 0. The van der Waals surface area contributed by atoms with Crippen LogP contribution in [0.1, 0.15) is 18.4 Å². The molecular weight excluding hydrogens is 422 g/mol. The van der Waals surface area contributed by atoms with Gasteiger partial charge in [-0.05, 0) is 31.0 Å². The van der Waals surface area contributed by atoms with Crippen LogP contribution in [-0.2, 0) is 16.1 Å². The zero-order chi connectivity index (χ0) is 22.5. The third-order valence-electron chi connectivity index (χ3n) is 6.04. The molecule has 2 aliphatic rings. The number of hydrogen-bond donors (Lipinski definition) is 1. The lowest BCUT2D eigenvalue weighted by Gasteiger charge is -2.33. The molecule has 5 heterocycles. The number of carbonyl (C=O) groups is 1. The van der Waals surface area contributed by atoms with E-state index in [-0.39, 0.29) is 11.8 Å². The largest absolute Gasteiger partial charge is 0.378 e. The van der Waals surface area contributed by atoms with Gasteiger partial charge in [0, 0.05) is 44.5 Å². The monoisotopic (exact) mass is 449 g/mol. The number of carbonyl (C=O) groups excluding carboxylic acids is 1. The van der Waals surface area contributed by atoms with Crippen molar-refractivity contribution in [1.29, 1.82) is 0 Å². The molecule has 2 saturated heterocycles. The Hall–Kier alpha value is -3.60. The van der Waals surface area contributed by atoms with Gasteiger partial charge in [-0.15, -0.1) is 10.2 Å². The fraction of sp³-hybridized carbons (Fsp3) is 0.455. The van der Waals surface area contributed by atoms with Gasteiger partial charge in [-0.25, -0.2) is 14.6 Å². The molecular formula is C22H27N9O2. The Morgan fingerprint density at radius 1 is 1.09 bits per heavy atom. The molecule has 2 aliphatic heterocycles. The van der Waals surface area contributed by atoms with Gasteiger partial charge in [-0.1, -0.05) is 6.07 Å². The lowest BCUT2D eigenvalue weighted by molar-refractivity contribution is -0.125. The van der Waals surface area contributed by atoms with E-state index in [9.17, 15) is 4.79 Å². The first-order valence-corrected chi connectivity index (χ1v) is 11.3. The van der Waals surface area contributed by atoms with Crippen LogP contribution in [0.3, 0.4) is 0 Å². The molecule has 0 saturated carbocycles. The number of piperidine rings is 1. The first-order chi connectivity index (χ1) is 16.3. The van der Waals surface area contributed by atoms with E-state index in [0.29, 0.717) is 32.1 Å². The van der Waals surface area contributed by atoms with Crippen LogP contribution in [0.4, 0.5) is 11.6 Å². The summed E-state index contributed by atoms with van der Waals surface area (Å²) >= 11 is 0. The van der Waals surface area contributed by atoms with Gasteiger partial charge < -0.3 is 19.9 Å². The van der Waals surface area contributed by atoms with E-state index in [1.165, 1.54) is 6.33 Å². The zero-order valence-electron chi connectivity index (χ0n) is 18.4. The average Bonchev–Trinajstić information content (AvgIpc) is 3.43. The number of nitrogens with one attached hydrogen (secondary N) is 1. The van der Waals surface area contributed by atoms with Crippen molar-refractivity contribution >= 4 is 17.5 Å². The molecule has 1 atom stereocenters. The Labute approximate surface area is 191 Å². The fourth-order valence-corrected chi connectivity index (χ4v) is 4.29. The minimum absolute atomic E-state index is 0.0590. The molecule has 2 fully saturated rings. The number of rotatable bonds is 6. The minimum Gasteiger partial charge on any atom is -0.378 e. The molecule has 3 aromatic rings. The topological polar surface area (TPSA) is 114 Å². The highest BCUT2D eigenvalue weighted by Crippen LogP contribution is 2.23. The van der Waals surface area contributed by atoms with Gasteiger partial charge in [-0.3, -0.25) is 4.79 Å². The Bertz CT molecular complexity index is 1050. The number of amides is 1. The van der Waals surface area contributed by atoms with Crippen molar-refractivity contribution in [3.05, 3.63) is 48.7 Å². The third-order valence-corrected chi connectivity index (χ3v) is 6.04. The number of ether oxygens (including phenoxy) is 1. The van der Waals surface area contributed by atoms with Gasteiger partial charge in [0.2, 0.25) is 5.91 Å². The highest BCUT2D eigenvalue weighted by Gasteiger charge is 2.27. The SMILES string of the molecule is O=C(NCc1cccnc1N1CCOCC1)C1CCCN(c2ccc(-n3cncn3)nn2)C1. The molecule has 0 bridgehead atoms. The second-order valence-corrected chi connectivity index (χ2v) is 8.18. The summed E-state index contributed by atoms with van der Waals surface area (Å²) in [5, 5.41) is 15.8. The summed E-state index contributed by atoms with van der Waals surface area (Å²) in [6.45, 7) is 4.95. The van der Waals surface area contributed by atoms with Crippen LogP contribution >= 0.6 is 0 Å². The van der Waals surface area contributed by atoms with Gasteiger partial charge in [0.15, 0.2) is 11.6 Å². The van der Waals surface area contributed by atoms with Gasteiger partial charge in [0.25, 0.3) is 0 Å². The van der Waals surface area contributed by atoms with E-state index in [4.69, 9.17) is 4.74 Å². The number of anilines is 2. The van der Waals surface area contributed by atoms with E-state index in [0.717, 1.165) is 49.7 Å². The fourth-order valence-electron chi connectivity index (χ4n) is 4.29. The maximum absolute atomic E-state index is 13.0.